The molecule has 0 heterocycles. The van der Waals surface area contributed by atoms with Crippen LogP contribution in [0.4, 0.5) is 0 Å². The van der Waals surface area contributed by atoms with Gasteiger partial charge in [0.25, 0.3) is 0 Å². The minimum atomic E-state index is -0.517. The van der Waals surface area contributed by atoms with Crippen molar-refractivity contribution in [3.05, 3.63) is 29.8 Å². The van der Waals surface area contributed by atoms with E-state index in [0.29, 0.717) is 23.1 Å². The molecule has 0 aliphatic rings. The van der Waals surface area contributed by atoms with Crippen LogP contribution >= 0.6 is 15.9 Å². The summed E-state index contributed by atoms with van der Waals surface area (Å²) >= 11 is 3.15. The second-order valence-electron chi connectivity index (χ2n) is 3.42. The Labute approximate surface area is 104 Å². The maximum Gasteiger partial charge on any atom is 0.162 e. The van der Waals surface area contributed by atoms with Crippen molar-refractivity contribution in [1.29, 1.82) is 0 Å². The predicted molar refractivity (Wildman–Crippen MR) is 66.4 cm³/mol. The van der Waals surface area contributed by atoms with E-state index in [4.69, 9.17) is 4.74 Å². The number of carbonyl (C=O) groups is 1. The Hall–Kier alpha value is -0.870. The van der Waals surface area contributed by atoms with Crippen molar-refractivity contribution in [3.8, 4) is 5.75 Å². The van der Waals surface area contributed by atoms with Gasteiger partial charge in [0.15, 0.2) is 5.78 Å². The third kappa shape index (κ3) is 3.94. The summed E-state index contributed by atoms with van der Waals surface area (Å²) in [6.07, 6.45) is -0.0142. The molecule has 3 nitrogen and oxygen atoms in total. The van der Waals surface area contributed by atoms with Gasteiger partial charge in [0.05, 0.1) is 6.10 Å². The van der Waals surface area contributed by atoms with Crippen LogP contribution in [0.5, 0.6) is 5.75 Å². The second-order valence-corrected chi connectivity index (χ2v) is 4.07. The van der Waals surface area contributed by atoms with Gasteiger partial charge in [-0.15, -0.1) is 0 Å². The number of Topliss-reactive ketones (excluding diaryl/α,β-unsaturated/α-hetero) is 1. The standard InChI is InChI=1S/C12H15BrO3/c1-2-12(15)9-3-5-11(6-4-9)16-8-10(14)7-13/h3-6,10,14H,2,7-8H2,1H3. The summed E-state index contributed by atoms with van der Waals surface area (Å²) < 4.78 is 5.34. The highest BCUT2D eigenvalue weighted by Gasteiger charge is 2.05. The van der Waals surface area contributed by atoms with Crippen LogP contribution in [0.1, 0.15) is 23.7 Å². The molecular weight excluding hydrogens is 272 g/mol. The van der Waals surface area contributed by atoms with Crippen molar-refractivity contribution >= 4 is 21.7 Å². The van der Waals surface area contributed by atoms with Crippen LogP contribution in [0.15, 0.2) is 24.3 Å². The number of carbonyl (C=O) groups excluding carboxylic acids is 1. The van der Waals surface area contributed by atoms with Crippen molar-refractivity contribution in [2.24, 2.45) is 0 Å². The lowest BCUT2D eigenvalue weighted by molar-refractivity contribution is 0.0987. The first-order valence-electron chi connectivity index (χ1n) is 5.17. The van der Waals surface area contributed by atoms with Crippen LogP contribution < -0.4 is 4.74 Å². The van der Waals surface area contributed by atoms with Gasteiger partial charge in [0.1, 0.15) is 12.4 Å². The number of aliphatic hydroxyl groups excluding tert-OH is 1. The molecule has 4 heteroatoms. The van der Waals surface area contributed by atoms with Gasteiger partial charge in [0.2, 0.25) is 0 Å². The molecule has 1 rings (SSSR count). The van der Waals surface area contributed by atoms with E-state index in [1.165, 1.54) is 0 Å². The number of aliphatic hydroxyl groups is 1. The third-order valence-electron chi connectivity index (χ3n) is 2.12. The van der Waals surface area contributed by atoms with Crippen molar-refractivity contribution in [3.63, 3.8) is 0 Å². The Morgan fingerprint density at radius 3 is 2.56 bits per heavy atom. The number of halogens is 1. The smallest absolute Gasteiger partial charge is 0.162 e. The molecule has 0 spiro atoms. The number of hydrogen-bond acceptors (Lipinski definition) is 3. The largest absolute Gasteiger partial charge is 0.491 e. The molecule has 1 aromatic carbocycles. The highest BCUT2D eigenvalue weighted by atomic mass is 79.9. The first-order chi connectivity index (χ1) is 7.67. The Morgan fingerprint density at radius 2 is 2.06 bits per heavy atom. The van der Waals surface area contributed by atoms with Gasteiger partial charge in [-0.1, -0.05) is 22.9 Å². The molecule has 0 fully saturated rings. The van der Waals surface area contributed by atoms with Gasteiger partial charge >= 0.3 is 0 Å². The molecule has 0 amide bonds. The van der Waals surface area contributed by atoms with Crippen molar-refractivity contribution in [2.45, 2.75) is 19.4 Å². The van der Waals surface area contributed by atoms with E-state index in [1.54, 1.807) is 24.3 Å². The molecule has 0 saturated heterocycles. The fraction of sp³-hybridized carbons (Fsp3) is 0.417. The molecule has 1 aromatic rings. The molecule has 0 radical (unpaired) electrons. The summed E-state index contributed by atoms with van der Waals surface area (Å²) in [7, 11) is 0. The normalized spacial score (nSPS) is 12.2. The maximum atomic E-state index is 11.4. The van der Waals surface area contributed by atoms with Crippen LogP contribution in [0, 0.1) is 0 Å². The van der Waals surface area contributed by atoms with Gasteiger partial charge < -0.3 is 9.84 Å². The van der Waals surface area contributed by atoms with Gasteiger partial charge in [-0.2, -0.15) is 0 Å². The molecule has 0 aliphatic carbocycles. The van der Waals surface area contributed by atoms with E-state index in [2.05, 4.69) is 15.9 Å². The van der Waals surface area contributed by atoms with Crippen LogP contribution in [0.25, 0.3) is 0 Å². The monoisotopic (exact) mass is 286 g/mol. The van der Waals surface area contributed by atoms with Gasteiger partial charge in [-0.25, -0.2) is 0 Å². The van der Waals surface area contributed by atoms with E-state index >= 15 is 0 Å². The summed E-state index contributed by atoms with van der Waals surface area (Å²) in [5, 5.41) is 9.76. The first-order valence-corrected chi connectivity index (χ1v) is 6.29. The Bertz CT molecular complexity index is 335. The number of hydrogen-bond donors (Lipinski definition) is 1. The molecule has 1 N–H and O–H groups in total. The van der Waals surface area contributed by atoms with E-state index in [-0.39, 0.29) is 12.4 Å². The fourth-order valence-corrected chi connectivity index (χ4v) is 1.37. The quantitative estimate of drug-likeness (QED) is 0.645. The Morgan fingerprint density at radius 1 is 1.44 bits per heavy atom. The van der Waals surface area contributed by atoms with E-state index in [1.807, 2.05) is 6.92 Å². The third-order valence-corrected chi connectivity index (χ3v) is 2.87. The maximum absolute atomic E-state index is 11.4. The second kappa shape index (κ2) is 6.66. The molecule has 1 unspecified atom stereocenters. The lowest BCUT2D eigenvalue weighted by Crippen LogP contribution is -2.18. The summed E-state index contributed by atoms with van der Waals surface area (Å²) in [6, 6.07) is 6.96. The minimum Gasteiger partial charge on any atom is -0.491 e. The zero-order valence-corrected chi connectivity index (χ0v) is 10.7. The predicted octanol–water partition coefficient (Wildman–Crippen LogP) is 2.41. The van der Waals surface area contributed by atoms with E-state index in [9.17, 15) is 9.90 Å². The van der Waals surface area contributed by atoms with Crippen molar-refractivity contribution < 1.29 is 14.6 Å². The van der Waals surface area contributed by atoms with Crippen molar-refractivity contribution in [2.75, 3.05) is 11.9 Å². The summed E-state index contributed by atoms with van der Waals surface area (Å²) in [4.78, 5) is 11.4. The highest BCUT2D eigenvalue weighted by Crippen LogP contribution is 2.13. The minimum absolute atomic E-state index is 0.118. The number of rotatable bonds is 6. The molecule has 0 bridgehead atoms. The van der Waals surface area contributed by atoms with E-state index < -0.39 is 6.10 Å². The van der Waals surface area contributed by atoms with Crippen molar-refractivity contribution in [1.82, 2.24) is 0 Å². The number of ketones is 1. The van der Waals surface area contributed by atoms with Gasteiger partial charge in [0, 0.05) is 17.3 Å². The average molecular weight is 287 g/mol. The number of ether oxygens (including phenoxy) is 1. The lowest BCUT2D eigenvalue weighted by atomic mass is 10.1. The van der Waals surface area contributed by atoms with E-state index in [0.717, 1.165) is 0 Å². The molecule has 16 heavy (non-hydrogen) atoms. The van der Waals surface area contributed by atoms with Crippen LogP contribution in [-0.2, 0) is 0 Å². The first kappa shape index (κ1) is 13.2. The average Bonchev–Trinajstić information content (AvgIpc) is 2.35. The SMILES string of the molecule is CCC(=O)c1ccc(OCC(O)CBr)cc1. The zero-order valence-electron chi connectivity index (χ0n) is 9.15. The lowest BCUT2D eigenvalue weighted by Gasteiger charge is -2.09. The van der Waals surface area contributed by atoms with Crippen LogP contribution in [0.2, 0.25) is 0 Å². The highest BCUT2D eigenvalue weighted by molar-refractivity contribution is 9.09. The topological polar surface area (TPSA) is 46.5 Å². The summed E-state index contributed by atoms with van der Waals surface area (Å²) in [5.74, 6) is 0.777. The molecular formula is C12H15BrO3. The molecule has 0 aromatic heterocycles. The molecule has 1 atom stereocenters. The number of alkyl halides is 1. The van der Waals surface area contributed by atoms with Crippen LogP contribution in [0.3, 0.4) is 0 Å². The molecule has 0 saturated carbocycles. The summed E-state index contributed by atoms with van der Waals surface area (Å²) in [6.45, 7) is 2.07. The van der Waals surface area contributed by atoms with Crippen LogP contribution in [-0.4, -0.2) is 28.9 Å². The van der Waals surface area contributed by atoms with Gasteiger partial charge in [-0.05, 0) is 24.3 Å². The Kier molecular flexibility index (Phi) is 5.49. The zero-order chi connectivity index (χ0) is 12.0. The van der Waals surface area contributed by atoms with Gasteiger partial charge in [-0.3, -0.25) is 4.79 Å². The summed E-state index contributed by atoms with van der Waals surface area (Å²) in [5.41, 5.74) is 0.691. The molecule has 88 valence electrons. The fourth-order valence-electron chi connectivity index (χ4n) is 1.18. The Balaban J connectivity index is 2.54. The number of benzene rings is 1. The molecule has 0 aliphatic heterocycles.